The SMILES string of the molecule is CCCOc1c[nH]c(CS(=O)CCOc2cccc(C)c2)cc1=O. The molecule has 1 N–H and O–H groups in total. The smallest absolute Gasteiger partial charge is 0.223 e. The third kappa shape index (κ3) is 5.85. The third-order valence-electron chi connectivity index (χ3n) is 3.28. The summed E-state index contributed by atoms with van der Waals surface area (Å²) in [5.41, 5.74) is 1.57. The maximum absolute atomic E-state index is 12.1. The Morgan fingerprint density at radius 2 is 2.00 bits per heavy atom. The van der Waals surface area contributed by atoms with Gasteiger partial charge in [0.2, 0.25) is 5.43 Å². The third-order valence-corrected chi connectivity index (χ3v) is 4.54. The molecule has 0 amide bonds. The van der Waals surface area contributed by atoms with Crippen LogP contribution in [0.25, 0.3) is 0 Å². The highest BCUT2D eigenvalue weighted by Crippen LogP contribution is 2.12. The van der Waals surface area contributed by atoms with E-state index in [2.05, 4.69) is 4.98 Å². The number of pyridine rings is 1. The molecule has 0 radical (unpaired) electrons. The fourth-order valence-corrected chi connectivity index (χ4v) is 3.04. The first-order valence-corrected chi connectivity index (χ1v) is 9.46. The van der Waals surface area contributed by atoms with Crippen LogP contribution in [0, 0.1) is 6.92 Å². The van der Waals surface area contributed by atoms with Crippen molar-refractivity contribution in [2.75, 3.05) is 19.0 Å². The summed E-state index contributed by atoms with van der Waals surface area (Å²) >= 11 is 0. The van der Waals surface area contributed by atoms with Crippen molar-refractivity contribution in [2.24, 2.45) is 0 Å². The Labute approximate surface area is 144 Å². The topological polar surface area (TPSA) is 68.4 Å². The first kappa shape index (κ1) is 18.3. The molecule has 1 aromatic carbocycles. The number of aromatic nitrogens is 1. The van der Waals surface area contributed by atoms with Gasteiger partial charge in [-0.25, -0.2) is 0 Å². The lowest BCUT2D eigenvalue weighted by Gasteiger charge is -2.08. The first-order valence-electron chi connectivity index (χ1n) is 7.97. The highest BCUT2D eigenvalue weighted by molar-refractivity contribution is 7.84. The van der Waals surface area contributed by atoms with E-state index in [-0.39, 0.29) is 5.43 Å². The van der Waals surface area contributed by atoms with Gasteiger partial charge in [0, 0.05) is 28.8 Å². The van der Waals surface area contributed by atoms with Crippen LogP contribution in [0.1, 0.15) is 24.6 Å². The van der Waals surface area contributed by atoms with Crippen LogP contribution in [0.3, 0.4) is 0 Å². The van der Waals surface area contributed by atoms with Crippen molar-refractivity contribution in [3.05, 3.63) is 58.0 Å². The van der Waals surface area contributed by atoms with Crippen molar-refractivity contribution >= 4 is 10.8 Å². The van der Waals surface area contributed by atoms with E-state index in [4.69, 9.17) is 9.47 Å². The molecule has 2 aromatic rings. The molecule has 1 aromatic heterocycles. The molecule has 0 fully saturated rings. The number of nitrogens with one attached hydrogen (secondary N) is 1. The minimum Gasteiger partial charge on any atom is -0.493 e. The summed E-state index contributed by atoms with van der Waals surface area (Å²) in [7, 11) is -1.11. The van der Waals surface area contributed by atoms with Gasteiger partial charge >= 0.3 is 0 Å². The van der Waals surface area contributed by atoms with Gasteiger partial charge in [0.25, 0.3) is 0 Å². The number of ether oxygens (including phenoxy) is 2. The predicted molar refractivity (Wildman–Crippen MR) is 96.2 cm³/mol. The molecule has 6 heteroatoms. The number of rotatable bonds is 9. The van der Waals surface area contributed by atoms with Crippen molar-refractivity contribution in [3.63, 3.8) is 0 Å². The summed E-state index contributed by atoms with van der Waals surface area (Å²) in [4.78, 5) is 14.9. The predicted octanol–water partition coefficient (Wildman–Crippen LogP) is 2.80. The number of hydrogen-bond donors (Lipinski definition) is 1. The average Bonchev–Trinajstić information content (AvgIpc) is 2.54. The Hall–Kier alpha value is -2.08. The number of aromatic amines is 1. The van der Waals surface area contributed by atoms with Gasteiger partial charge in [0.15, 0.2) is 5.75 Å². The van der Waals surface area contributed by atoms with E-state index in [9.17, 15) is 9.00 Å². The van der Waals surface area contributed by atoms with Crippen molar-refractivity contribution in [3.8, 4) is 11.5 Å². The second kappa shape index (κ2) is 9.27. The molecule has 1 unspecified atom stereocenters. The van der Waals surface area contributed by atoms with Crippen molar-refractivity contribution in [1.82, 2.24) is 4.98 Å². The normalized spacial score (nSPS) is 11.9. The van der Waals surface area contributed by atoms with E-state index in [0.29, 0.717) is 36.2 Å². The fourth-order valence-electron chi connectivity index (χ4n) is 2.11. The van der Waals surface area contributed by atoms with Gasteiger partial charge in [-0.1, -0.05) is 19.1 Å². The second-order valence-corrected chi connectivity index (χ2v) is 7.07. The van der Waals surface area contributed by atoms with Crippen molar-refractivity contribution in [2.45, 2.75) is 26.0 Å². The van der Waals surface area contributed by atoms with Crippen LogP contribution in [0.2, 0.25) is 0 Å². The zero-order chi connectivity index (χ0) is 17.4. The lowest BCUT2D eigenvalue weighted by Crippen LogP contribution is -2.14. The van der Waals surface area contributed by atoms with Gasteiger partial charge < -0.3 is 14.5 Å². The molecular formula is C18H23NO4S. The maximum atomic E-state index is 12.1. The number of hydrogen-bond acceptors (Lipinski definition) is 4. The number of benzene rings is 1. The van der Waals surface area contributed by atoms with Gasteiger partial charge in [-0.3, -0.25) is 9.00 Å². The van der Waals surface area contributed by atoms with Gasteiger partial charge in [-0.05, 0) is 31.0 Å². The van der Waals surface area contributed by atoms with Crippen LogP contribution < -0.4 is 14.9 Å². The Morgan fingerprint density at radius 1 is 1.17 bits per heavy atom. The van der Waals surface area contributed by atoms with E-state index in [1.165, 1.54) is 12.3 Å². The summed E-state index contributed by atoms with van der Waals surface area (Å²) in [6.45, 7) is 4.85. The zero-order valence-electron chi connectivity index (χ0n) is 14.0. The first-order chi connectivity index (χ1) is 11.6. The minimum atomic E-state index is -1.11. The van der Waals surface area contributed by atoms with Crippen molar-refractivity contribution in [1.29, 1.82) is 0 Å². The van der Waals surface area contributed by atoms with Crippen molar-refractivity contribution < 1.29 is 13.7 Å². The van der Waals surface area contributed by atoms with E-state index in [0.717, 1.165) is 17.7 Å². The minimum absolute atomic E-state index is 0.190. The molecule has 0 aliphatic heterocycles. The molecule has 0 aliphatic carbocycles. The quantitative estimate of drug-likeness (QED) is 0.756. The van der Waals surface area contributed by atoms with Crippen LogP contribution in [0.15, 0.2) is 41.3 Å². The van der Waals surface area contributed by atoms with Crippen LogP contribution in [-0.4, -0.2) is 28.2 Å². The van der Waals surface area contributed by atoms with Gasteiger partial charge in [0.05, 0.1) is 24.7 Å². The molecule has 130 valence electrons. The summed E-state index contributed by atoms with van der Waals surface area (Å²) in [6.07, 6.45) is 2.37. The summed E-state index contributed by atoms with van der Waals surface area (Å²) in [5, 5.41) is 0. The molecule has 0 spiro atoms. The Morgan fingerprint density at radius 3 is 2.71 bits per heavy atom. The van der Waals surface area contributed by atoms with Crippen LogP contribution >= 0.6 is 0 Å². The molecule has 0 bridgehead atoms. The second-order valence-electron chi connectivity index (χ2n) is 5.49. The Balaban J connectivity index is 1.81. The van der Waals surface area contributed by atoms with E-state index in [1.807, 2.05) is 38.1 Å². The maximum Gasteiger partial charge on any atom is 0.223 e. The monoisotopic (exact) mass is 349 g/mol. The lowest BCUT2D eigenvalue weighted by molar-refractivity contribution is 0.313. The van der Waals surface area contributed by atoms with E-state index >= 15 is 0 Å². The average molecular weight is 349 g/mol. The van der Waals surface area contributed by atoms with Crippen LogP contribution in [0.4, 0.5) is 0 Å². The Kier molecular flexibility index (Phi) is 7.06. The summed E-state index contributed by atoms with van der Waals surface area (Å²) in [6, 6.07) is 9.19. The summed E-state index contributed by atoms with van der Waals surface area (Å²) < 4.78 is 23.0. The Bertz CT molecular complexity index is 742. The fraction of sp³-hybridized carbons (Fsp3) is 0.389. The highest BCUT2D eigenvalue weighted by atomic mass is 32.2. The molecule has 1 heterocycles. The van der Waals surface area contributed by atoms with E-state index in [1.54, 1.807) is 0 Å². The number of aryl methyl sites for hydroxylation is 1. The molecule has 0 saturated carbocycles. The van der Waals surface area contributed by atoms with Gasteiger partial charge in [-0.2, -0.15) is 0 Å². The molecule has 1 atom stereocenters. The molecular weight excluding hydrogens is 326 g/mol. The summed E-state index contributed by atoms with van der Waals surface area (Å²) in [5.74, 6) is 1.77. The highest BCUT2D eigenvalue weighted by Gasteiger charge is 2.07. The molecule has 2 rings (SSSR count). The largest absolute Gasteiger partial charge is 0.493 e. The number of H-pyrrole nitrogens is 1. The molecule has 5 nitrogen and oxygen atoms in total. The van der Waals surface area contributed by atoms with Crippen LogP contribution in [0.5, 0.6) is 11.5 Å². The molecule has 24 heavy (non-hydrogen) atoms. The lowest BCUT2D eigenvalue weighted by atomic mass is 10.2. The zero-order valence-corrected chi connectivity index (χ0v) is 14.9. The van der Waals surface area contributed by atoms with Gasteiger partial charge in [-0.15, -0.1) is 0 Å². The molecule has 0 saturated heterocycles. The molecule has 0 aliphatic rings. The standard InChI is InChI=1S/C18H23NO4S/c1-3-7-23-18-12-19-15(11-17(18)20)13-24(21)9-8-22-16-6-4-5-14(2)10-16/h4-6,10-12H,3,7-9,13H2,1-2H3,(H,19,20). The van der Waals surface area contributed by atoms with E-state index < -0.39 is 10.8 Å². The van der Waals surface area contributed by atoms with Gasteiger partial charge in [0.1, 0.15) is 5.75 Å². The van der Waals surface area contributed by atoms with Crippen LogP contribution in [-0.2, 0) is 16.6 Å².